The topological polar surface area (TPSA) is 59.1 Å². The summed E-state index contributed by atoms with van der Waals surface area (Å²) in [6.07, 6.45) is 1.50. The highest BCUT2D eigenvalue weighted by molar-refractivity contribution is 6.32. The third-order valence-electron chi connectivity index (χ3n) is 3.14. The lowest BCUT2D eigenvalue weighted by atomic mass is 10.3. The van der Waals surface area contributed by atoms with E-state index in [9.17, 15) is 0 Å². The monoisotopic (exact) mass is 326 g/mol. The first kappa shape index (κ1) is 15.1. The Balaban J connectivity index is 1.76. The smallest absolute Gasteiger partial charge is 0.137 e. The van der Waals surface area contributed by atoms with Crippen LogP contribution in [0.1, 0.15) is 0 Å². The Morgan fingerprint density at radius 2 is 1.57 bits per heavy atom. The summed E-state index contributed by atoms with van der Waals surface area (Å²) in [6, 6.07) is 17.1. The van der Waals surface area contributed by atoms with Gasteiger partial charge < -0.3 is 15.4 Å². The summed E-state index contributed by atoms with van der Waals surface area (Å²) in [5.74, 6) is 2.00. The van der Waals surface area contributed by atoms with Gasteiger partial charge in [0.2, 0.25) is 0 Å². The fourth-order valence-corrected chi connectivity index (χ4v) is 2.31. The first-order valence-electron chi connectivity index (χ1n) is 6.99. The van der Waals surface area contributed by atoms with E-state index in [0.717, 1.165) is 11.4 Å². The van der Waals surface area contributed by atoms with Crippen molar-refractivity contribution in [1.29, 1.82) is 0 Å². The molecule has 0 spiro atoms. The largest absolute Gasteiger partial charge is 0.495 e. The summed E-state index contributed by atoms with van der Waals surface area (Å²) in [4.78, 5) is 8.42. The van der Waals surface area contributed by atoms with E-state index in [1.807, 2.05) is 42.5 Å². The van der Waals surface area contributed by atoms with Gasteiger partial charge in [-0.05, 0) is 30.3 Å². The molecule has 3 aromatic rings. The van der Waals surface area contributed by atoms with Crippen LogP contribution in [0.5, 0.6) is 5.75 Å². The highest BCUT2D eigenvalue weighted by atomic mass is 35.5. The van der Waals surface area contributed by atoms with Crippen LogP contribution in [0.25, 0.3) is 0 Å². The number of benzene rings is 2. The molecule has 0 saturated carbocycles. The summed E-state index contributed by atoms with van der Waals surface area (Å²) in [6.45, 7) is 0. The number of anilines is 4. The molecule has 0 radical (unpaired) electrons. The highest BCUT2D eigenvalue weighted by Crippen LogP contribution is 2.28. The molecule has 0 amide bonds. The SMILES string of the molecule is COc1ccc(Nc2cc(Nc3ccccc3)ncn2)cc1Cl. The number of nitrogens with one attached hydrogen (secondary N) is 2. The van der Waals surface area contributed by atoms with Crippen LogP contribution in [0.3, 0.4) is 0 Å². The maximum atomic E-state index is 6.12. The van der Waals surface area contributed by atoms with Gasteiger partial charge in [0, 0.05) is 17.4 Å². The van der Waals surface area contributed by atoms with Crippen LogP contribution in [0.2, 0.25) is 5.02 Å². The van der Waals surface area contributed by atoms with Gasteiger partial charge in [-0.1, -0.05) is 29.8 Å². The third-order valence-corrected chi connectivity index (χ3v) is 3.43. The molecule has 6 heteroatoms. The van der Waals surface area contributed by atoms with Gasteiger partial charge in [-0.25, -0.2) is 9.97 Å². The summed E-state index contributed by atoms with van der Waals surface area (Å²) >= 11 is 6.12. The van der Waals surface area contributed by atoms with Crippen LogP contribution >= 0.6 is 11.6 Å². The molecule has 0 aliphatic rings. The number of halogens is 1. The lowest BCUT2D eigenvalue weighted by molar-refractivity contribution is 0.415. The van der Waals surface area contributed by atoms with Crippen molar-refractivity contribution < 1.29 is 4.74 Å². The number of para-hydroxylation sites is 1. The van der Waals surface area contributed by atoms with E-state index in [1.54, 1.807) is 19.2 Å². The van der Waals surface area contributed by atoms with E-state index in [1.165, 1.54) is 6.33 Å². The number of methoxy groups -OCH3 is 1. The summed E-state index contributed by atoms with van der Waals surface area (Å²) in [5, 5.41) is 6.95. The molecule has 1 aromatic heterocycles. The quantitative estimate of drug-likeness (QED) is 0.716. The number of ether oxygens (including phenoxy) is 1. The van der Waals surface area contributed by atoms with Crippen molar-refractivity contribution in [3.63, 3.8) is 0 Å². The van der Waals surface area contributed by atoms with Gasteiger partial charge in [0.15, 0.2) is 0 Å². The Kier molecular flexibility index (Phi) is 4.59. The Morgan fingerprint density at radius 3 is 2.22 bits per heavy atom. The van der Waals surface area contributed by atoms with Gasteiger partial charge in [0.1, 0.15) is 23.7 Å². The summed E-state index contributed by atoms with van der Waals surface area (Å²) < 4.78 is 5.14. The molecular weight excluding hydrogens is 312 g/mol. The first-order valence-corrected chi connectivity index (χ1v) is 7.37. The zero-order valence-corrected chi connectivity index (χ0v) is 13.2. The number of aromatic nitrogens is 2. The molecule has 1 heterocycles. The number of hydrogen-bond donors (Lipinski definition) is 2. The van der Waals surface area contributed by atoms with Crippen LogP contribution in [0.4, 0.5) is 23.0 Å². The molecule has 3 rings (SSSR count). The second-order valence-corrected chi connectivity index (χ2v) is 5.16. The van der Waals surface area contributed by atoms with E-state index < -0.39 is 0 Å². The molecule has 0 aliphatic heterocycles. The van der Waals surface area contributed by atoms with Crippen molar-refractivity contribution >= 4 is 34.6 Å². The van der Waals surface area contributed by atoms with Gasteiger partial charge in [0.25, 0.3) is 0 Å². The van der Waals surface area contributed by atoms with E-state index in [4.69, 9.17) is 16.3 Å². The summed E-state index contributed by atoms with van der Waals surface area (Å²) in [7, 11) is 1.58. The van der Waals surface area contributed by atoms with Crippen molar-refractivity contribution in [3.8, 4) is 5.75 Å². The number of nitrogens with zero attached hydrogens (tertiary/aromatic N) is 2. The van der Waals surface area contributed by atoms with Gasteiger partial charge in [-0.15, -0.1) is 0 Å². The van der Waals surface area contributed by atoms with Crippen LogP contribution in [0, 0.1) is 0 Å². The minimum atomic E-state index is 0.536. The average molecular weight is 327 g/mol. The van der Waals surface area contributed by atoms with Crippen molar-refractivity contribution in [2.24, 2.45) is 0 Å². The fourth-order valence-electron chi connectivity index (χ4n) is 2.06. The predicted octanol–water partition coefficient (Wildman–Crippen LogP) is 4.63. The molecule has 2 aromatic carbocycles. The molecule has 116 valence electrons. The second-order valence-electron chi connectivity index (χ2n) is 4.75. The molecule has 0 bridgehead atoms. The van der Waals surface area contributed by atoms with Gasteiger partial charge in [-0.3, -0.25) is 0 Å². The molecule has 0 unspecified atom stereocenters. The Morgan fingerprint density at radius 1 is 0.870 bits per heavy atom. The molecule has 0 atom stereocenters. The van der Waals surface area contributed by atoms with Gasteiger partial charge in [0.05, 0.1) is 12.1 Å². The number of hydrogen-bond acceptors (Lipinski definition) is 5. The van der Waals surface area contributed by atoms with E-state index in [-0.39, 0.29) is 0 Å². The van der Waals surface area contributed by atoms with Crippen LogP contribution < -0.4 is 15.4 Å². The van der Waals surface area contributed by atoms with Gasteiger partial charge >= 0.3 is 0 Å². The Bertz CT molecular complexity index is 796. The zero-order valence-electron chi connectivity index (χ0n) is 12.5. The molecule has 23 heavy (non-hydrogen) atoms. The zero-order chi connectivity index (χ0) is 16.1. The first-order chi connectivity index (χ1) is 11.2. The molecule has 2 N–H and O–H groups in total. The highest BCUT2D eigenvalue weighted by Gasteiger charge is 2.04. The maximum absolute atomic E-state index is 6.12. The van der Waals surface area contributed by atoms with E-state index in [0.29, 0.717) is 22.4 Å². The van der Waals surface area contributed by atoms with Crippen molar-refractivity contribution in [1.82, 2.24) is 9.97 Å². The van der Waals surface area contributed by atoms with E-state index in [2.05, 4.69) is 20.6 Å². The molecule has 5 nitrogen and oxygen atoms in total. The van der Waals surface area contributed by atoms with Crippen molar-refractivity contribution in [2.75, 3.05) is 17.7 Å². The van der Waals surface area contributed by atoms with Gasteiger partial charge in [-0.2, -0.15) is 0 Å². The Hall–Kier alpha value is -2.79. The fraction of sp³-hybridized carbons (Fsp3) is 0.0588. The predicted molar refractivity (Wildman–Crippen MR) is 93.0 cm³/mol. The van der Waals surface area contributed by atoms with Crippen LogP contribution in [-0.4, -0.2) is 17.1 Å². The average Bonchev–Trinajstić information content (AvgIpc) is 2.56. The normalized spacial score (nSPS) is 10.2. The minimum absolute atomic E-state index is 0.536. The lowest BCUT2D eigenvalue weighted by Gasteiger charge is -2.10. The molecule has 0 saturated heterocycles. The lowest BCUT2D eigenvalue weighted by Crippen LogP contribution is -1.98. The summed E-state index contributed by atoms with van der Waals surface area (Å²) in [5.41, 5.74) is 1.78. The minimum Gasteiger partial charge on any atom is -0.495 e. The van der Waals surface area contributed by atoms with Crippen molar-refractivity contribution in [3.05, 3.63) is 65.9 Å². The van der Waals surface area contributed by atoms with E-state index >= 15 is 0 Å². The standard InChI is InChI=1S/C17H15ClN4O/c1-23-15-8-7-13(9-14(15)18)22-17-10-16(19-11-20-17)21-12-5-3-2-4-6-12/h2-11H,1H3,(H2,19,20,21,22). The second kappa shape index (κ2) is 6.98. The van der Waals surface area contributed by atoms with Crippen LogP contribution in [-0.2, 0) is 0 Å². The molecular formula is C17H15ClN4O. The Labute approximate surface area is 139 Å². The van der Waals surface area contributed by atoms with Crippen LogP contribution in [0.15, 0.2) is 60.9 Å². The molecule has 0 fully saturated rings. The number of rotatable bonds is 5. The molecule has 0 aliphatic carbocycles. The maximum Gasteiger partial charge on any atom is 0.137 e. The third kappa shape index (κ3) is 3.90. The van der Waals surface area contributed by atoms with Crippen molar-refractivity contribution in [2.45, 2.75) is 0 Å².